The van der Waals surface area contributed by atoms with Crippen LogP contribution in [-0.4, -0.2) is 24.1 Å². The number of para-hydroxylation sites is 1. The molecule has 0 aliphatic rings. The van der Waals surface area contributed by atoms with Gasteiger partial charge in [0.05, 0.1) is 22.1 Å². The Morgan fingerprint density at radius 2 is 0.881 bits per heavy atom. The minimum Gasteiger partial charge on any atom is -0.309 e. The zero-order chi connectivity index (χ0) is 44.0. The van der Waals surface area contributed by atoms with E-state index < -0.39 is 0 Å². The Balaban J connectivity index is 1.06. The highest BCUT2D eigenvalue weighted by Gasteiger charge is 2.23. The Hall–Kier alpha value is -8.71. The van der Waals surface area contributed by atoms with E-state index in [-0.39, 0.29) is 0 Å². The minimum absolute atomic E-state index is 0.640. The van der Waals surface area contributed by atoms with Gasteiger partial charge in [-0.2, -0.15) is 0 Å². The van der Waals surface area contributed by atoms with Crippen molar-refractivity contribution in [3.8, 4) is 56.7 Å². The first-order valence-corrected chi connectivity index (χ1v) is 23.4. The molecule has 14 rings (SSSR count). The Bertz CT molecular complexity index is 4210. The van der Waals surface area contributed by atoms with Crippen molar-refractivity contribution in [2.75, 3.05) is 0 Å². The van der Waals surface area contributed by atoms with Crippen LogP contribution in [0.4, 0.5) is 0 Å². The summed E-state index contributed by atoms with van der Waals surface area (Å²) in [6.45, 7) is 0. The molecule has 0 atom stereocenters. The molecule has 0 aliphatic carbocycles. The maximum Gasteiger partial charge on any atom is 0.165 e. The minimum atomic E-state index is 0.640. The van der Waals surface area contributed by atoms with E-state index in [1.807, 2.05) is 36.4 Å². The SMILES string of the molecule is c1ccc(-c2ccc3c4ccccc4n(-c4ccc5c(c4)c4c6ccccc6ccc4n5-c4cc(-c5nc(-c6ccccc6)nc(-c6ccccc6)n5)c5sc6ccccc6c5c4)c3c2)cc1. The highest BCUT2D eigenvalue weighted by atomic mass is 32.1. The molecule has 0 aliphatic heterocycles. The molecule has 0 bridgehead atoms. The first kappa shape index (κ1) is 37.6. The van der Waals surface area contributed by atoms with Crippen LogP contribution in [0.2, 0.25) is 0 Å². The van der Waals surface area contributed by atoms with E-state index in [4.69, 9.17) is 15.0 Å². The second-order valence-electron chi connectivity index (χ2n) is 17.2. The molecule has 0 radical (unpaired) electrons. The number of benzene rings is 10. The van der Waals surface area contributed by atoms with Crippen LogP contribution in [0.25, 0.3) is 131 Å². The van der Waals surface area contributed by atoms with Crippen molar-refractivity contribution in [3.63, 3.8) is 0 Å². The van der Waals surface area contributed by atoms with E-state index in [1.165, 1.54) is 70.0 Å². The Labute approximate surface area is 389 Å². The second-order valence-corrected chi connectivity index (χ2v) is 18.2. The molecule has 0 N–H and O–H groups in total. The van der Waals surface area contributed by atoms with Crippen molar-refractivity contribution in [3.05, 3.63) is 224 Å². The lowest BCUT2D eigenvalue weighted by Gasteiger charge is -2.14. The summed E-state index contributed by atoms with van der Waals surface area (Å²) >= 11 is 1.79. The molecule has 0 saturated heterocycles. The van der Waals surface area contributed by atoms with E-state index in [2.05, 4.69) is 197 Å². The number of rotatable bonds is 6. The summed E-state index contributed by atoms with van der Waals surface area (Å²) in [7, 11) is 0. The highest BCUT2D eigenvalue weighted by Crippen LogP contribution is 2.45. The number of thiophene rings is 1. The number of hydrogen-bond donors (Lipinski definition) is 0. The highest BCUT2D eigenvalue weighted by molar-refractivity contribution is 7.26. The normalized spacial score (nSPS) is 11.9. The molecule has 5 nitrogen and oxygen atoms in total. The summed E-state index contributed by atoms with van der Waals surface area (Å²) in [5.41, 5.74) is 12.0. The third-order valence-electron chi connectivity index (χ3n) is 13.3. The average Bonchev–Trinajstić information content (AvgIpc) is 4.06. The molecule has 10 aromatic carbocycles. The fourth-order valence-electron chi connectivity index (χ4n) is 10.3. The van der Waals surface area contributed by atoms with Crippen molar-refractivity contribution in [2.24, 2.45) is 0 Å². The van der Waals surface area contributed by atoms with E-state index in [0.717, 1.165) is 43.8 Å². The molecule has 0 unspecified atom stereocenters. The third kappa shape index (κ3) is 5.97. The molecule has 0 spiro atoms. The predicted octanol–water partition coefficient (Wildman–Crippen LogP) is 16.3. The number of nitrogens with zero attached hydrogens (tertiary/aromatic N) is 5. The summed E-state index contributed by atoms with van der Waals surface area (Å²) in [4.78, 5) is 15.7. The molecular weight excluding hydrogens is 835 g/mol. The molecule has 0 fully saturated rings. The first-order chi connectivity index (χ1) is 33.2. The zero-order valence-corrected chi connectivity index (χ0v) is 36.8. The third-order valence-corrected chi connectivity index (χ3v) is 14.6. The standard InChI is InChI=1S/C61H37N5S/c1-4-16-38(17-5-1)42-28-31-47-46-24-12-14-26-52(46)65(55(47)34-42)43-30-33-53-50(35-43)57-45-23-11-10-18-39(45)29-32-54(57)66(53)44-36-49-48-25-13-15-27-56(48)67-58(49)51(37-44)61-63-59(40-19-6-2-7-20-40)62-60(64-61)41-21-8-3-9-22-41/h1-37H. The summed E-state index contributed by atoms with van der Waals surface area (Å²) < 4.78 is 7.26. The van der Waals surface area contributed by atoms with E-state index in [9.17, 15) is 0 Å². The van der Waals surface area contributed by atoms with Gasteiger partial charge >= 0.3 is 0 Å². The molecule has 0 amide bonds. The molecule has 67 heavy (non-hydrogen) atoms. The van der Waals surface area contributed by atoms with E-state index in [0.29, 0.717) is 17.5 Å². The summed E-state index contributed by atoms with van der Waals surface area (Å²) in [5.74, 6) is 1.92. The van der Waals surface area contributed by atoms with Crippen molar-refractivity contribution < 1.29 is 0 Å². The van der Waals surface area contributed by atoms with E-state index >= 15 is 0 Å². The fraction of sp³-hybridized carbons (Fsp3) is 0. The van der Waals surface area contributed by atoms with Gasteiger partial charge in [-0.3, -0.25) is 0 Å². The summed E-state index contributed by atoms with van der Waals surface area (Å²) in [5, 5.41) is 9.67. The Morgan fingerprint density at radius 1 is 0.313 bits per heavy atom. The van der Waals surface area contributed by atoms with Gasteiger partial charge in [-0.1, -0.05) is 170 Å². The molecule has 6 heteroatoms. The topological polar surface area (TPSA) is 48.5 Å². The van der Waals surface area contributed by atoms with Crippen LogP contribution in [0, 0.1) is 0 Å². The van der Waals surface area contributed by atoms with Gasteiger partial charge in [0.2, 0.25) is 0 Å². The van der Waals surface area contributed by atoms with Gasteiger partial charge in [-0.15, -0.1) is 11.3 Å². The van der Waals surface area contributed by atoms with Crippen LogP contribution >= 0.6 is 11.3 Å². The number of fused-ring (bicyclic) bond motifs is 11. The molecule has 0 saturated carbocycles. The average molecular weight is 872 g/mol. The predicted molar refractivity (Wildman–Crippen MR) is 281 cm³/mol. The van der Waals surface area contributed by atoms with Gasteiger partial charge < -0.3 is 9.13 Å². The summed E-state index contributed by atoms with van der Waals surface area (Å²) in [6.07, 6.45) is 0. The lowest BCUT2D eigenvalue weighted by Crippen LogP contribution is -2.01. The first-order valence-electron chi connectivity index (χ1n) is 22.6. The number of hydrogen-bond acceptors (Lipinski definition) is 4. The van der Waals surface area contributed by atoms with Crippen LogP contribution in [0.15, 0.2) is 224 Å². The molecular formula is C61H37N5S. The second kappa shape index (κ2) is 14.9. The number of aromatic nitrogens is 5. The Morgan fingerprint density at radius 3 is 1.64 bits per heavy atom. The molecule has 14 aromatic rings. The van der Waals surface area contributed by atoms with Gasteiger partial charge in [-0.05, 0) is 76.5 Å². The lowest BCUT2D eigenvalue weighted by molar-refractivity contribution is 1.07. The van der Waals surface area contributed by atoms with Gasteiger partial charge in [0.15, 0.2) is 17.5 Å². The van der Waals surface area contributed by atoms with Gasteiger partial charge in [-0.25, -0.2) is 15.0 Å². The van der Waals surface area contributed by atoms with Crippen LogP contribution in [0.3, 0.4) is 0 Å². The van der Waals surface area contributed by atoms with Gasteiger partial charge in [0.25, 0.3) is 0 Å². The van der Waals surface area contributed by atoms with Gasteiger partial charge in [0.1, 0.15) is 0 Å². The fourth-order valence-corrected chi connectivity index (χ4v) is 11.5. The van der Waals surface area contributed by atoms with E-state index in [1.54, 1.807) is 11.3 Å². The molecule has 4 heterocycles. The van der Waals surface area contributed by atoms with Crippen molar-refractivity contribution in [2.45, 2.75) is 0 Å². The zero-order valence-electron chi connectivity index (χ0n) is 36.0. The maximum atomic E-state index is 5.30. The van der Waals surface area contributed by atoms with Crippen molar-refractivity contribution in [1.29, 1.82) is 0 Å². The van der Waals surface area contributed by atoms with Crippen LogP contribution in [-0.2, 0) is 0 Å². The lowest BCUT2D eigenvalue weighted by atomic mass is 10.0. The largest absolute Gasteiger partial charge is 0.309 e. The summed E-state index contributed by atoms with van der Waals surface area (Å²) in [6, 6.07) is 80.5. The van der Waals surface area contributed by atoms with Gasteiger partial charge in [0, 0.05) is 69.8 Å². The van der Waals surface area contributed by atoms with Crippen LogP contribution in [0.5, 0.6) is 0 Å². The maximum absolute atomic E-state index is 5.30. The molecule has 4 aromatic heterocycles. The van der Waals surface area contributed by atoms with Crippen molar-refractivity contribution >= 4 is 85.9 Å². The van der Waals surface area contributed by atoms with Crippen LogP contribution in [0.1, 0.15) is 0 Å². The molecule has 312 valence electrons. The van der Waals surface area contributed by atoms with Crippen molar-refractivity contribution in [1.82, 2.24) is 24.1 Å². The Kier molecular flexibility index (Phi) is 8.38. The smallest absolute Gasteiger partial charge is 0.165 e. The quantitative estimate of drug-likeness (QED) is 0.167. The van der Waals surface area contributed by atoms with Crippen LogP contribution < -0.4 is 0 Å². The monoisotopic (exact) mass is 871 g/mol.